The second-order valence-electron chi connectivity index (χ2n) is 6.50. The van der Waals surface area contributed by atoms with Crippen LogP contribution in [-0.2, 0) is 11.0 Å². The monoisotopic (exact) mass is 374 g/mol. The Morgan fingerprint density at radius 1 is 1.27 bits per heavy atom. The van der Waals surface area contributed by atoms with Crippen LogP contribution in [0.4, 0.5) is 24.9 Å². The van der Waals surface area contributed by atoms with E-state index in [0.29, 0.717) is 32.0 Å². The van der Waals surface area contributed by atoms with Gasteiger partial charge in [0.05, 0.1) is 0 Å². The Kier molecular flexibility index (Phi) is 6.63. The highest BCUT2D eigenvalue weighted by molar-refractivity contribution is 5.72. The number of aromatic nitrogens is 2. The zero-order valence-electron chi connectivity index (χ0n) is 15.2. The Morgan fingerprint density at radius 3 is 2.46 bits per heavy atom. The number of carbonyl (C=O) groups excluding carboxylic acids is 1. The molecule has 26 heavy (non-hydrogen) atoms. The van der Waals surface area contributed by atoms with Gasteiger partial charge in [-0.3, -0.25) is 4.79 Å². The molecule has 1 fully saturated rings. The fourth-order valence-electron chi connectivity index (χ4n) is 2.76. The van der Waals surface area contributed by atoms with E-state index in [2.05, 4.69) is 20.6 Å². The molecular weight excluding hydrogens is 349 g/mol. The number of hydrogen-bond acceptors (Lipinski definition) is 6. The van der Waals surface area contributed by atoms with Crippen molar-refractivity contribution in [3.8, 4) is 0 Å². The summed E-state index contributed by atoms with van der Waals surface area (Å²) in [6.07, 6.45) is -2.92. The maximum Gasteiger partial charge on any atom is 0.433 e. The standard InChI is InChI=1S/C16H25F3N6O/c1-11(26)20-6-7-21-12-4-8-25(9-5-12)14-10-13(16(17,18)19)22-15(23-14)24(2)3/h10,12,21H,4-9H2,1-3H3,(H,20,26). The third-order valence-corrected chi connectivity index (χ3v) is 4.14. The van der Waals surface area contributed by atoms with E-state index in [1.54, 1.807) is 14.1 Å². The number of nitrogens with zero attached hydrogens (tertiary/aromatic N) is 4. The number of halogens is 3. The summed E-state index contributed by atoms with van der Waals surface area (Å²) in [6.45, 7) is 3.92. The first-order chi connectivity index (χ1) is 12.2. The van der Waals surface area contributed by atoms with E-state index < -0.39 is 11.9 Å². The molecule has 0 radical (unpaired) electrons. The van der Waals surface area contributed by atoms with Crippen LogP contribution in [0.15, 0.2) is 6.07 Å². The summed E-state index contributed by atoms with van der Waals surface area (Å²) in [4.78, 5) is 22.0. The molecule has 0 aliphatic carbocycles. The average molecular weight is 374 g/mol. The van der Waals surface area contributed by atoms with Crippen LogP contribution in [0.2, 0.25) is 0 Å². The topological polar surface area (TPSA) is 73.4 Å². The van der Waals surface area contributed by atoms with Crippen molar-refractivity contribution in [1.29, 1.82) is 0 Å². The first-order valence-electron chi connectivity index (χ1n) is 8.53. The van der Waals surface area contributed by atoms with Crippen molar-refractivity contribution >= 4 is 17.7 Å². The van der Waals surface area contributed by atoms with Crippen LogP contribution in [-0.4, -0.2) is 62.2 Å². The Morgan fingerprint density at radius 2 is 1.92 bits per heavy atom. The molecule has 2 rings (SSSR count). The molecule has 1 aliphatic heterocycles. The molecule has 0 spiro atoms. The number of hydrogen-bond donors (Lipinski definition) is 2. The molecule has 2 heterocycles. The summed E-state index contributed by atoms with van der Waals surface area (Å²) < 4.78 is 39.3. The number of rotatable bonds is 6. The van der Waals surface area contributed by atoms with Gasteiger partial charge >= 0.3 is 6.18 Å². The molecule has 0 saturated carbocycles. The van der Waals surface area contributed by atoms with Gasteiger partial charge in [0.25, 0.3) is 0 Å². The molecule has 146 valence electrons. The highest BCUT2D eigenvalue weighted by Crippen LogP contribution is 2.31. The molecule has 1 aliphatic rings. The molecular formula is C16H25F3N6O. The molecule has 0 unspecified atom stereocenters. The van der Waals surface area contributed by atoms with E-state index in [0.717, 1.165) is 18.9 Å². The van der Waals surface area contributed by atoms with Gasteiger partial charge in [0.1, 0.15) is 5.82 Å². The smallest absolute Gasteiger partial charge is 0.356 e. The van der Waals surface area contributed by atoms with Gasteiger partial charge in [-0.1, -0.05) is 0 Å². The molecule has 7 nitrogen and oxygen atoms in total. The van der Waals surface area contributed by atoms with Crippen molar-refractivity contribution in [1.82, 2.24) is 20.6 Å². The summed E-state index contributed by atoms with van der Waals surface area (Å²) in [5.41, 5.74) is -0.929. The lowest BCUT2D eigenvalue weighted by atomic mass is 10.1. The number of amides is 1. The Labute approximate surface area is 151 Å². The van der Waals surface area contributed by atoms with Gasteiger partial charge in [0.15, 0.2) is 5.69 Å². The van der Waals surface area contributed by atoms with Crippen LogP contribution in [0.3, 0.4) is 0 Å². The van der Waals surface area contributed by atoms with E-state index in [4.69, 9.17) is 0 Å². The number of anilines is 2. The van der Waals surface area contributed by atoms with Crippen molar-refractivity contribution in [2.24, 2.45) is 0 Å². The zero-order valence-corrected chi connectivity index (χ0v) is 15.2. The van der Waals surface area contributed by atoms with Crippen molar-refractivity contribution < 1.29 is 18.0 Å². The highest BCUT2D eigenvalue weighted by atomic mass is 19.4. The fourth-order valence-corrected chi connectivity index (χ4v) is 2.76. The first-order valence-corrected chi connectivity index (χ1v) is 8.53. The van der Waals surface area contributed by atoms with Crippen LogP contribution < -0.4 is 20.4 Å². The Hall–Kier alpha value is -2.10. The molecule has 1 amide bonds. The van der Waals surface area contributed by atoms with E-state index in [1.165, 1.54) is 11.8 Å². The number of carbonyl (C=O) groups is 1. The minimum absolute atomic E-state index is 0.0466. The van der Waals surface area contributed by atoms with Crippen LogP contribution in [0.1, 0.15) is 25.5 Å². The maximum atomic E-state index is 13.1. The summed E-state index contributed by atoms with van der Waals surface area (Å²) in [7, 11) is 3.23. The van der Waals surface area contributed by atoms with Gasteiger partial charge < -0.3 is 20.4 Å². The molecule has 1 saturated heterocycles. The lowest BCUT2D eigenvalue weighted by molar-refractivity contribution is -0.141. The van der Waals surface area contributed by atoms with Gasteiger partial charge in [-0.05, 0) is 12.8 Å². The van der Waals surface area contributed by atoms with Crippen LogP contribution in [0.5, 0.6) is 0 Å². The average Bonchev–Trinajstić information content (AvgIpc) is 2.58. The summed E-state index contributed by atoms with van der Waals surface area (Å²) >= 11 is 0. The normalized spacial score (nSPS) is 15.8. The third kappa shape index (κ3) is 5.72. The zero-order chi connectivity index (χ0) is 19.3. The molecule has 1 aromatic heterocycles. The minimum Gasteiger partial charge on any atom is -0.356 e. The van der Waals surface area contributed by atoms with Gasteiger partial charge in [0.2, 0.25) is 11.9 Å². The fraction of sp³-hybridized carbons (Fsp3) is 0.688. The molecule has 2 N–H and O–H groups in total. The summed E-state index contributed by atoms with van der Waals surface area (Å²) in [6, 6.07) is 1.29. The number of alkyl halides is 3. The van der Waals surface area contributed by atoms with Crippen molar-refractivity contribution in [2.45, 2.75) is 32.0 Å². The lowest BCUT2D eigenvalue weighted by Crippen LogP contribution is -2.45. The molecule has 1 aromatic rings. The second-order valence-corrected chi connectivity index (χ2v) is 6.50. The van der Waals surface area contributed by atoms with Gasteiger partial charge in [-0.25, -0.2) is 4.98 Å². The summed E-state index contributed by atoms with van der Waals surface area (Å²) in [5, 5.41) is 6.07. The lowest BCUT2D eigenvalue weighted by Gasteiger charge is -2.33. The van der Waals surface area contributed by atoms with Crippen LogP contribution in [0.25, 0.3) is 0 Å². The van der Waals surface area contributed by atoms with Crippen LogP contribution in [0, 0.1) is 0 Å². The third-order valence-electron chi connectivity index (χ3n) is 4.14. The van der Waals surface area contributed by atoms with Crippen molar-refractivity contribution in [2.75, 3.05) is 50.1 Å². The van der Waals surface area contributed by atoms with E-state index in [-0.39, 0.29) is 17.9 Å². The van der Waals surface area contributed by atoms with E-state index in [1.807, 2.05) is 4.90 Å². The Bertz CT molecular complexity index is 614. The van der Waals surface area contributed by atoms with Gasteiger partial charge in [-0.15, -0.1) is 0 Å². The summed E-state index contributed by atoms with van der Waals surface area (Å²) in [5.74, 6) is 0.278. The van der Waals surface area contributed by atoms with Gasteiger partial charge in [0, 0.05) is 59.3 Å². The van der Waals surface area contributed by atoms with E-state index in [9.17, 15) is 18.0 Å². The van der Waals surface area contributed by atoms with Crippen LogP contribution >= 0.6 is 0 Å². The molecule has 0 aromatic carbocycles. The number of piperidine rings is 1. The van der Waals surface area contributed by atoms with E-state index >= 15 is 0 Å². The maximum absolute atomic E-state index is 13.1. The SMILES string of the molecule is CC(=O)NCCNC1CCN(c2cc(C(F)(F)F)nc(N(C)C)n2)CC1. The quantitative estimate of drug-likeness (QED) is 0.731. The Balaban J connectivity index is 1.98. The minimum atomic E-state index is -4.51. The molecule has 10 heteroatoms. The molecule has 0 atom stereocenters. The second kappa shape index (κ2) is 8.52. The predicted octanol–water partition coefficient (Wildman–Crippen LogP) is 1.26. The largest absolute Gasteiger partial charge is 0.433 e. The predicted molar refractivity (Wildman–Crippen MR) is 93.3 cm³/mol. The van der Waals surface area contributed by atoms with Crippen molar-refractivity contribution in [3.05, 3.63) is 11.8 Å². The molecule has 0 bridgehead atoms. The number of nitrogens with one attached hydrogen (secondary N) is 2. The van der Waals surface area contributed by atoms with Gasteiger partial charge in [-0.2, -0.15) is 18.2 Å². The highest BCUT2D eigenvalue weighted by Gasteiger charge is 2.34. The van der Waals surface area contributed by atoms with Crippen molar-refractivity contribution in [3.63, 3.8) is 0 Å². The first kappa shape index (κ1) is 20.2.